The number of anilines is 1. The van der Waals surface area contributed by atoms with Gasteiger partial charge in [0.05, 0.1) is 19.4 Å². The van der Waals surface area contributed by atoms with Crippen LogP contribution in [0.4, 0.5) is 10.5 Å². The molecule has 0 saturated carbocycles. The molecule has 0 aliphatic heterocycles. The van der Waals surface area contributed by atoms with Crippen molar-refractivity contribution in [3.8, 4) is 5.75 Å². The molecule has 1 N–H and O–H groups in total. The van der Waals surface area contributed by atoms with Gasteiger partial charge in [-0.25, -0.2) is 9.59 Å². The zero-order chi connectivity index (χ0) is 13.4. The molecule has 98 valence electrons. The van der Waals surface area contributed by atoms with E-state index in [0.29, 0.717) is 5.75 Å². The maximum atomic E-state index is 11.1. The fraction of sp³-hybridized carbons (Fsp3) is 0.273. The zero-order valence-electron chi connectivity index (χ0n) is 9.97. The van der Waals surface area contributed by atoms with Crippen molar-refractivity contribution in [1.29, 1.82) is 0 Å². The average Bonchev–Trinajstić information content (AvgIpc) is 2.76. The summed E-state index contributed by atoms with van der Waals surface area (Å²) in [4.78, 5) is 21.9. The Bertz CT molecular complexity index is 440. The molecule has 1 aromatic rings. The van der Waals surface area contributed by atoms with Gasteiger partial charge in [-0.15, -0.1) is 11.3 Å². The van der Waals surface area contributed by atoms with E-state index < -0.39 is 12.1 Å². The van der Waals surface area contributed by atoms with E-state index in [4.69, 9.17) is 4.74 Å². The first-order valence-corrected chi connectivity index (χ1v) is 6.03. The molecule has 0 radical (unpaired) electrons. The Kier molecular flexibility index (Phi) is 5.72. The van der Waals surface area contributed by atoms with E-state index in [0.717, 1.165) is 11.8 Å². The van der Waals surface area contributed by atoms with Crippen LogP contribution < -0.4 is 10.1 Å². The predicted molar refractivity (Wildman–Crippen MR) is 66.7 cm³/mol. The van der Waals surface area contributed by atoms with Crippen LogP contribution in [0, 0.1) is 0 Å². The van der Waals surface area contributed by atoms with Gasteiger partial charge >= 0.3 is 12.1 Å². The van der Waals surface area contributed by atoms with E-state index in [2.05, 4.69) is 14.8 Å². The highest BCUT2D eigenvalue weighted by atomic mass is 32.1. The first-order valence-electron chi connectivity index (χ1n) is 5.09. The number of carbonyl (C=O) groups excluding carboxylic acids is 2. The van der Waals surface area contributed by atoms with Crippen LogP contribution in [-0.4, -0.2) is 25.8 Å². The second kappa shape index (κ2) is 7.33. The molecular formula is C11H13NO5S. The van der Waals surface area contributed by atoms with Gasteiger partial charge in [0.25, 0.3) is 0 Å². The SMILES string of the molecule is CCOC(=O)OC(=O)C=CNc1cscc1OC. The number of carbonyl (C=O) groups is 2. The van der Waals surface area contributed by atoms with Crippen molar-refractivity contribution in [1.82, 2.24) is 0 Å². The van der Waals surface area contributed by atoms with Gasteiger partial charge in [0.1, 0.15) is 0 Å². The predicted octanol–water partition coefficient (Wildman–Crippen LogP) is 2.38. The van der Waals surface area contributed by atoms with Crippen molar-refractivity contribution in [3.63, 3.8) is 0 Å². The summed E-state index contributed by atoms with van der Waals surface area (Å²) in [6, 6.07) is 0. The average molecular weight is 271 g/mol. The van der Waals surface area contributed by atoms with Crippen molar-refractivity contribution >= 4 is 29.1 Å². The van der Waals surface area contributed by atoms with E-state index in [1.54, 1.807) is 14.0 Å². The fourth-order valence-electron chi connectivity index (χ4n) is 1.01. The van der Waals surface area contributed by atoms with Gasteiger partial charge in [0.2, 0.25) is 0 Å². The first-order chi connectivity index (χ1) is 8.67. The molecular weight excluding hydrogens is 258 g/mol. The second-order valence-corrected chi connectivity index (χ2v) is 3.68. The van der Waals surface area contributed by atoms with Crippen LogP contribution in [-0.2, 0) is 14.3 Å². The molecule has 0 aromatic carbocycles. The Balaban J connectivity index is 2.41. The number of rotatable bonds is 5. The molecule has 1 aromatic heterocycles. The Morgan fingerprint density at radius 2 is 2.22 bits per heavy atom. The lowest BCUT2D eigenvalue weighted by Gasteiger charge is -2.01. The summed E-state index contributed by atoms with van der Waals surface area (Å²) in [5.41, 5.74) is 0.725. The molecule has 1 heterocycles. The van der Waals surface area contributed by atoms with Crippen LogP contribution in [0.15, 0.2) is 23.0 Å². The molecule has 1 rings (SSSR count). The van der Waals surface area contributed by atoms with Gasteiger partial charge in [-0.2, -0.15) is 0 Å². The van der Waals surface area contributed by atoms with Crippen LogP contribution in [0.25, 0.3) is 0 Å². The monoisotopic (exact) mass is 271 g/mol. The highest BCUT2D eigenvalue weighted by Gasteiger charge is 2.07. The van der Waals surface area contributed by atoms with Gasteiger partial charge in [-0.3, -0.25) is 0 Å². The highest BCUT2D eigenvalue weighted by Crippen LogP contribution is 2.28. The van der Waals surface area contributed by atoms with E-state index >= 15 is 0 Å². The molecule has 7 heteroatoms. The molecule has 0 saturated heterocycles. The van der Waals surface area contributed by atoms with Gasteiger partial charge in [-0.1, -0.05) is 0 Å². The highest BCUT2D eigenvalue weighted by molar-refractivity contribution is 7.08. The Morgan fingerprint density at radius 3 is 2.89 bits per heavy atom. The third-order valence-corrected chi connectivity index (χ3v) is 2.47. The normalized spacial score (nSPS) is 10.1. The van der Waals surface area contributed by atoms with E-state index in [1.165, 1.54) is 17.5 Å². The second-order valence-electron chi connectivity index (χ2n) is 2.94. The summed E-state index contributed by atoms with van der Waals surface area (Å²) in [5, 5.41) is 6.46. The molecule has 18 heavy (non-hydrogen) atoms. The summed E-state index contributed by atoms with van der Waals surface area (Å²) < 4.78 is 13.8. The molecule has 0 bridgehead atoms. The minimum atomic E-state index is -1.01. The molecule has 0 fully saturated rings. The number of hydrogen-bond donors (Lipinski definition) is 1. The zero-order valence-corrected chi connectivity index (χ0v) is 10.8. The van der Waals surface area contributed by atoms with Crippen LogP contribution in [0.1, 0.15) is 6.92 Å². The van der Waals surface area contributed by atoms with Crippen LogP contribution in [0.3, 0.4) is 0 Å². The first kappa shape index (κ1) is 14.0. The van der Waals surface area contributed by atoms with Gasteiger partial charge in [0, 0.05) is 23.0 Å². The minimum absolute atomic E-state index is 0.153. The number of ether oxygens (including phenoxy) is 3. The third kappa shape index (κ3) is 4.46. The summed E-state index contributed by atoms with van der Waals surface area (Å²) >= 11 is 1.46. The minimum Gasteiger partial charge on any atom is -0.494 e. The molecule has 0 atom stereocenters. The smallest absolute Gasteiger partial charge is 0.494 e. The van der Waals surface area contributed by atoms with Crippen molar-refractivity contribution in [2.45, 2.75) is 6.92 Å². The van der Waals surface area contributed by atoms with Crippen molar-refractivity contribution < 1.29 is 23.8 Å². The van der Waals surface area contributed by atoms with Gasteiger partial charge in [-0.05, 0) is 6.92 Å². The summed E-state index contributed by atoms with van der Waals surface area (Å²) in [6.45, 7) is 1.77. The lowest BCUT2D eigenvalue weighted by atomic mass is 10.5. The fourth-order valence-corrected chi connectivity index (χ4v) is 1.75. The Morgan fingerprint density at radius 1 is 1.44 bits per heavy atom. The Hall–Kier alpha value is -2.02. The standard InChI is InChI=1S/C11H13NO5S/c1-3-16-11(14)17-10(13)4-5-12-8-6-18-7-9(8)15-2/h4-7,12H,3H2,1-2H3. The van der Waals surface area contributed by atoms with Crippen molar-refractivity contribution in [3.05, 3.63) is 23.0 Å². The van der Waals surface area contributed by atoms with Crippen LogP contribution >= 0.6 is 11.3 Å². The van der Waals surface area contributed by atoms with Crippen molar-refractivity contribution in [2.75, 3.05) is 19.0 Å². The third-order valence-electron chi connectivity index (χ3n) is 1.75. The maximum Gasteiger partial charge on any atom is 0.516 e. The lowest BCUT2D eigenvalue weighted by molar-refractivity contribution is -0.134. The number of nitrogens with one attached hydrogen (secondary N) is 1. The quantitative estimate of drug-likeness (QED) is 0.503. The largest absolute Gasteiger partial charge is 0.516 e. The molecule has 6 nitrogen and oxygen atoms in total. The van der Waals surface area contributed by atoms with Gasteiger partial charge in [0.15, 0.2) is 5.75 Å². The summed E-state index contributed by atoms with van der Waals surface area (Å²) in [5.74, 6) is -0.140. The van der Waals surface area contributed by atoms with Crippen LogP contribution in [0.2, 0.25) is 0 Å². The van der Waals surface area contributed by atoms with E-state index in [-0.39, 0.29) is 6.61 Å². The number of thiophene rings is 1. The Labute approximate surface area is 108 Å². The van der Waals surface area contributed by atoms with Gasteiger partial charge < -0.3 is 19.5 Å². The topological polar surface area (TPSA) is 73.9 Å². The van der Waals surface area contributed by atoms with E-state index in [9.17, 15) is 9.59 Å². The lowest BCUT2D eigenvalue weighted by Crippen LogP contribution is -2.11. The maximum absolute atomic E-state index is 11.1. The molecule has 0 aliphatic rings. The molecule has 0 amide bonds. The molecule has 0 aliphatic carbocycles. The van der Waals surface area contributed by atoms with Crippen molar-refractivity contribution in [2.24, 2.45) is 0 Å². The molecule has 0 unspecified atom stereocenters. The van der Waals surface area contributed by atoms with Crippen LogP contribution in [0.5, 0.6) is 5.75 Å². The summed E-state index contributed by atoms with van der Waals surface area (Å²) in [7, 11) is 1.55. The summed E-state index contributed by atoms with van der Waals surface area (Å²) in [6.07, 6.45) is 1.42. The van der Waals surface area contributed by atoms with E-state index in [1.807, 2.05) is 10.8 Å². The number of esters is 1. The number of hydrogen-bond acceptors (Lipinski definition) is 7. The molecule has 0 spiro atoms. The number of methoxy groups -OCH3 is 1.